The number of nitrogens with zero attached hydrogens (tertiary/aromatic N) is 1. The number of hydrogen-bond donors (Lipinski definition) is 2. The molecule has 0 radical (unpaired) electrons. The first-order chi connectivity index (χ1) is 10.1. The summed E-state index contributed by atoms with van der Waals surface area (Å²) in [7, 11) is 0. The van der Waals surface area contributed by atoms with Crippen LogP contribution in [0.1, 0.15) is 23.2 Å². The summed E-state index contributed by atoms with van der Waals surface area (Å²) >= 11 is 0. The molecule has 2 heterocycles. The molecule has 0 spiro atoms. The van der Waals surface area contributed by atoms with Crippen LogP contribution in [0.25, 0.3) is 0 Å². The summed E-state index contributed by atoms with van der Waals surface area (Å²) < 4.78 is 19.0. The fourth-order valence-corrected chi connectivity index (χ4v) is 3.04. The molecule has 0 aromatic heterocycles. The van der Waals surface area contributed by atoms with E-state index in [-0.39, 0.29) is 23.3 Å². The molecule has 2 aliphatic heterocycles. The maximum atomic E-state index is 13.2. The number of ether oxygens (including phenoxy) is 1. The van der Waals surface area contributed by atoms with Gasteiger partial charge in [0.05, 0.1) is 18.3 Å². The molecule has 2 aliphatic rings. The molecule has 0 bridgehead atoms. The molecular weight excluding hydrogens is 273 g/mol. The SMILES string of the molecule is Nc1ccc(F)cc1C(=O)NCC1CN2CCCC2CO1. The first kappa shape index (κ1) is 14.3. The molecule has 2 fully saturated rings. The van der Waals surface area contributed by atoms with Gasteiger partial charge in [-0.15, -0.1) is 0 Å². The average molecular weight is 293 g/mol. The van der Waals surface area contributed by atoms with Gasteiger partial charge in [0.25, 0.3) is 5.91 Å². The summed E-state index contributed by atoms with van der Waals surface area (Å²) in [4.78, 5) is 14.5. The minimum atomic E-state index is -0.469. The molecule has 3 rings (SSSR count). The van der Waals surface area contributed by atoms with Gasteiger partial charge in [0, 0.05) is 24.8 Å². The Hall–Kier alpha value is -1.66. The standard InChI is InChI=1S/C15H20FN3O2/c16-10-3-4-14(17)13(6-10)15(20)18-7-12-8-19-5-1-2-11(19)9-21-12/h3-4,6,11-12H,1-2,5,7-9,17H2,(H,18,20). The molecule has 1 amide bonds. The number of carbonyl (C=O) groups is 1. The van der Waals surface area contributed by atoms with Crippen molar-refractivity contribution in [1.29, 1.82) is 0 Å². The number of morpholine rings is 1. The third-order valence-electron chi connectivity index (χ3n) is 4.21. The Labute approximate surface area is 123 Å². The van der Waals surface area contributed by atoms with Crippen LogP contribution in [0.2, 0.25) is 0 Å². The number of amides is 1. The largest absolute Gasteiger partial charge is 0.398 e. The molecule has 21 heavy (non-hydrogen) atoms. The second kappa shape index (κ2) is 5.99. The molecule has 2 saturated heterocycles. The van der Waals surface area contributed by atoms with Crippen LogP contribution in [0.15, 0.2) is 18.2 Å². The van der Waals surface area contributed by atoms with Crippen molar-refractivity contribution in [3.05, 3.63) is 29.6 Å². The van der Waals surface area contributed by atoms with Crippen LogP contribution in [0.3, 0.4) is 0 Å². The van der Waals surface area contributed by atoms with Gasteiger partial charge in [-0.25, -0.2) is 4.39 Å². The number of nitrogens with two attached hydrogens (primary N) is 1. The van der Waals surface area contributed by atoms with Crippen molar-refractivity contribution in [3.8, 4) is 0 Å². The maximum absolute atomic E-state index is 13.2. The lowest BCUT2D eigenvalue weighted by atomic mass is 10.1. The number of nitrogen functional groups attached to an aromatic ring is 1. The summed E-state index contributed by atoms with van der Waals surface area (Å²) in [5.74, 6) is -0.831. The van der Waals surface area contributed by atoms with Gasteiger partial charge >= 0.3 is 0 Å². The summed E-state index contributed by atoms with van der Waals surface area (Å²) in [6.07, 6.45) is 2.39. The Morgan fingerprint density at radius 2 is 2.38 bits per heavy atom. The highest BCUT2D eigenvalue weighted by Gasteiger charge is 2.32. The predicted octanol–water partition coefficient (Wildman–Crippen LogP) is 1.00. The second-order valence-corrected chi connectivity index (χ2v) is 5.69. The Morgan fingerprint density at radius 3 is 3.24 bits per heavy atom. The van der Waals surface area contributed by atoms with Crippen molar-refractivity contribution >= 4 is 11.6 Å². The fourth-order valence-electron chi connectivity index (χ4n) is 3.04. The molecule has 1 aromatic carbocycles. The van der Waals surface area contributed by atoms with Gasteiger partial charge in [0.2, 0.25) is 0 Å². The van der Waals surface area contributed by atoms with Gasteiger partial charge in [-0.3, -0.25) is 9.69 Å². The third-order valence-corrected chi connectivity index (χ3v) is 4.21. The number of hydrogen-bond acceptors (Lipinski definition) is 4. The lowest BCUT2D eigenvalue weighted by Crippen LogP contribution is -2.50. The zero-order chi connectivity index (χ0) is 14.8. The van der Waals surface area contributed by atoms with Crippen molar-refractivity contribution in [2.75, 3.05) is 32.0 Å². The normalized spacial score (nSPS) is 25.6. The van der Waals surface area contributed by atoms with Crippen molar-refractivity contribution in [2.45, 2.75) is 25.0 Å². The summed E-state index contributed by atoms with van der Waals surface area (Å²) in [6, 6.07) is 4.33. The summed E-state index contributed by atoms with van der Waals surface area (Å²) in [5, 5.41) is 2.78. The lowest BCUT2D eigenvalue weighted by molar-refractivity contribution is -0.0461. The van der Waals surface area contributed by atoms with Crippen molar-refractivity contribution in [3.63, 3.8) is 0 Å². The summed E-state index contributed by atoms with van der Waals surface area (Å²) in [6.45, 7) is 3.08. The van der Waals surface area contributed by atoms with E-state index in [1.165, 1.54) is 25.0 Å². The number of rotatable bonds is 3. The van der Waals surface area contributed by atoms with Gasteiger partial charge < -0.3 is 15.8 Å². The van der Waals surface area contributed by atoms with E-state index in [2.05, 4.69) is 10.2 Å². The second-order valence-electron chi connectivity index (χ2n) is 5.69. The zero-order valence-electron chi connectivity index (χ0n) is 11.8. The highest BCUT2D eigenvalue weighted by Crippen LogP contribution is 2.22. The Kier molecular flexibility index (Phi) is 4.07. The smallest absolute Gasteiger partial charge is 0.253 e. The molecule has 2 unspecified atom stereocenters. The Bertz CT molecular complexity index is 538. The third kappa shape index (κ3) is 3.16. The molecule has 3 N–H and O–H groups in total. The van der Waals surface area contributed by atoms with E-state index in [0.29, 0.717) is 12.6 Å². The average Bonchev–Trinajstić information content (AvgIpc) is 2.94. The van der Waals surface area contributed by atoms with E-state index in [1.54, 1.807) is 0 Å². The van der Waals surface area contributed by atoms with Crippen LogP contribution in [-0.4, -0.2) is 49.2 Å². The van der Waals surface area contributed by atoms with E-state index in [9.17, 15) is 9.18 Å². The number of fused-ring (bicyclic) bond motifs is 1. The molecule has 0 aliphatic carbocycles. The number of benzene rings is 1. The van der Waals surface area contributed by atoms with E-state index < -0.39 is 5.82 Å². The van der Waals surface area contributed by atoms with E-state index in [1.807, 2.05) is 0 Å². The van der Waals surface area contributed by atoms with Gasteiger partial charge in [0.1, 0.15) is 5.82 Å². The van der Waals surface area contributed by atoms with Gasteiger partial charge in [-0.1, -0.05) is 0 Å². The van der Waals surface area contributed by atoms with E-state index in [0.717, 1.165) is 25.8 Å². The number of anilines is 1. The molecule has 0 saturated carbocycles. The minimum absolute atomic E-state index is 0.0157. The monoisotopic (exact) mass is 293 g/mol. The van der Waals surface area contributed by atoms with E-state index in [4.69, 9.17) is 10.5 Å². The molecule has 5 nitrogen and oxygen atoms in total. The number of halogens is 1. The van der Waals surface area contributed by atoms with Crippen LogP contribution in [-0.2, 0) is 4.74 Å². The van der Waals surface area contributed by atoms with Gasteiger partial charge in [0.15, 0.2) is 0 Å². The fraction of sp³-hybridized carbons (Fsp3) is 0.533. The highest BCUT2D eigenvalue weighted by molar-refractivity contribution is 5.99. The Morgan fingerprint density at radius 1 is 1.52 bits per heavy atom. The summed E-state index contributed by atoms with van der Waals surface area (Å²) in [5.41, 5.74) is 6.15. The molecular formula is C15H20FN3O2. The van der Waals surface area contributed by atoms with Gasteiger partial charge in [-0.05, 0) is 37.6 Å². The molecule has 114 valence electrons. The highest BCUT2D eigenvalue weighted by atomic mass is 19.1. The maximum Gasteiger partial charge on any atom is 0.253 e. The van der Waals surface area contributed by atoms with Gasteiger partial charge in [-0.2, -0.15) is 0 Å². The topological polar surface area (TPSA) is 67.6 Å². The predicted molar refractivity (Wildman–Crippen MR) is 77.5 cm³/mol. The number of nitrogens with one attached hydrogen (secondary N) is 1. The lowest BCUT2D eigenvalue weighted by Gasteiger charge is -2.35. The van der Waals surface area contributed by atoms with Crippen LogP contribution < -0.4 is 11.1 Å². The molecule has 6 heteroatoms. The van der Waals surface area contributed by atoms with E-state index >= 15 is 0 Å². The Balaban J connectivity index is 1.55. The van der Waals surface area contributed by atoms with Crippen molar-refractivity contribution in [1.82, 2.24) is 10.2 Å². The number of carbonyl (C=O) groups excluding carboxylic acids is 1. The molecule has 1 aromatic rings. The minimum Gasteiger partial charge on any atom is -0.398 e. The van der Waals surface area contributed by atoms with Crippen molar-refractivity contribution in [2.24, 2.45) is 0 Å². The van der Waals surface area contributed by atoms with Crippen molar-refractivity contribution < 1.29 is 13.9 Å². The quantitative estimate of drug-likeness (QED) is 0.816. The first-order valence-electron chi connectivity index (χ1n) is 7.32. The first-order valence-corrected chi connectivity index (χ1v) is 7.32. The zero-order valence-corrected chi connectivity index (χ0v) is 11.8. The molecule has 2 atom stereocenters. The van der Waals surface area contributed by atoms with Crippen LogP contribution >= 0.6 is 0 Å². The van der Waals surface area contributed by atoms with Crippen LogP contribution in [0.4, 0.5) is 10.1 Å². The van der Waals surface area contributed by atoms with Crippen LogP contribution in [0.5, 0.6) is 0 Å². The van der Waals surface area contributed by atoms with Crippen LogP contribution in [0, 0.1) is 5.82 Å².